The second-order valence-electron chi connectivity index (χ2n) is 12.1. The van der Waals surface area contributed by atoms with Crippen molar-refractivity contribution in [2.75, 3.05) is 44.2 Å². The van der Waals surface area contributed by atoms with Crippen LogP contribution in [-0.4, -0.2) is 59.0 Å². The molecule has 4 atom stereocenters. The van der Waals surface area contributed by atoms with Crippen molar-refractivity contribution in [3.63, 3.8) is 0 Å². The van der Waals surface area contributed by atoms with Crippen LogP contribution in [0.5, 0.6) is 0 Å². The van der Waals surface area contributed by atoms with Crippen LogP contribution in [0.3, 0.4) is 0 Å². The maximum atomic E-state index is 13.6. The number of hydrogen-bond donors (Lipinski definition) is 2. The fourth-order valence-electron chi connectivity index (χ4n) is 5.51. The van der Waals surface area contributed by atoms with Gasteiger partial charge < -0.3 is 15.1 Å². The Morgan fingerprint density at radius 1 is 1.03 bits per heavy atom. The van der Waals surface area contributed by atoms with E-state index in [1.165, 1.54) is 0 Å². The maximum absolute atomic E-state index is 13.6. The smallest absolute Gasteiger partial charge is 0.227 e. The average molecular weight is 594 g/mol. The first-order valence-corrected chi connectivity index (χ1v) is 15.8. The van der Waals surface area contributed by atoms with Gasteiger partial charge in [0.15, 0.2) is 0 Å². The van der Waals surface area contributed by atoms with Crippen LogP contribution in [-0.2, 0) is 15.8 Å². The van der Waals surface area contributed by atoms with Crippen LogP contribution < -0.4 is 14.9 Å². The summed E-state index contributed by atoms with van der Waals surface area (Å²) < 4.78 is 16.1. The molecule has 0 radical (unpaired) electrons. The average Bonchev–Trinajstić information content (AvgIpc) is 3.37. The fraction of sp³-hybridized carbons (Fsp3) is 0.567. The Morgan fingerprint density at radius 2 is 1.67 bits per heavy atom. The molecule has 2 aliphatic rings. The molecule has 214 valence electrons. The number of rotatable bonds is 8. The van der Waals surface area contributed by atoms with E-state index in [1.807, 2.05) is 62.1 Å². The SMILES string of the molecule is CC(C)C[C@H](NS(=O)C(C)(C)C)c1cc(Cl)ccc1N1CCN(C(=O)C2CNCC2c2ccc(Cl)cc2)CC1. The number of piperazine rings is 1. The zero-order valence-electron chi connectivity index (χ0n) is 23.7. The van der Waals surface area contributed by atoms with Crippen LogP contribution >= 0.6 is 23.2 Å². The molecule has 4 rings (SSSR count). The lowest BCUT2D eigenvalue weighted by atomic mass is 9.88. The summed E-state index contributed by atoms with van der Waals surface area (Å²) in [7, 11) is -1.22. The van der Waals surface area contributed by atoms with Gasteiger partial charge in [0.05, 0.1) is 21.7 Å². The molecule has 2 aromatic rings. The van der Waals surface area contributed by atoms with E-state index < -0.39 is 11.0 Å². The van der Waals surface area contributed by atoms with Crippen molar-refractivity contribution in [1.29, 1.82) is 0 Å². The number of carbonyl (C=O) groups is 1. The zero-order valence-corrected chi connectivity index (χ0v) is 26.0. The van der Waals surface area contributed by atoms with Crippen molar-refractivity contribution in [2.24, 2.45) is 11.8 Å². The largest absolute Gasteiger partial charge is 0.368 e. The van der Waals surface area contributed by atoms with Crippen LogP contribution in [0.15, 0.2) is 42.5 Å². The molecule has 9 heteroatoms. The van der Waals surface area contributed by atoms with Gasteiger partial charge in [-0.05, 0) is 74.6 Å². The Morgan fingerprint density at radius 3 is 2.28 bits per heavy atom. The van der Waals surface area contributed by atoms with Gasteiger partial charge in [-0.3, -0.25) is 4.79 Å². The third kappa shape index (κ3) is 7.56. The van der Waals surface area contributed by atoms with E-state index in [0.29, 0.717) is 35.6 Å². The second-order valence-corrected chi connectivity index (χ2v) is 15.0. The van der Waals surface area contributed by atoms with Gasteiger partial charge in [0.25, 0.3) is 0 Å². The van der Waals surface area contributed by atoms with Crippen molar-refractivity contribution in [1.82, 2.24) is 14.9 Å². The quantitative estimate of drug-likeness (QED) is 0.407. The minimum atomic E-state index is -1.22. The Labute approximate surface area is 246 Å². The first-order valence-electron chi connectivity index (χ1n) is 13.9. The Kier molecular flexibility index (Phi) is 10.0. The van der Waals surface area contributed by atoms with Crippen molar-refractivity contribution < 1.29 is 9.00 Å². The predicted molar refractivity (Wildman–Crippen MR) is 164 cm³/mol. The van der Waals surface area contributed by atoms with E-state index in [0.717, 1.165) is 42.9 Å². The topological polar surface area (TPSA) is 64.7 Å². The van der Waals surface area contributed by atoms with Crippen LogP contribution in [0.25, 0.3) is 0 Å². The highest BCUT2D eigenvalue weighted by Crippen LogP contribution is 2.35. The van der Waals surface area contributed by atoms with Crippen LogP contribution in [0, 0.1) is 11.8 Å². The molecule has 2 heterocycles. The Hall–Kier alpha value is -1.64. The lowest BCUT2D eigenvalue weighted by molar-refractivity contribution is -0.135. The van der Waals surface area contributed by atoms with Crippen LogP contribution in [0.1, 0.15) is 64.1 Å². The van der Waals surface area contributed by atoms with Crippen LogP contribution in [0.2, 0.25) is 10.0 Å². The molecule has 1 amide bonds. The van der Waals surface area contributed by atoms with Crippen molar-refractivity contribution in [3.8, 4) is 0 Å². The van der Waals surface area contributed by atoms with Gasteiger partial charge in [0.2, 0.25) is 5.91 Å². The molecule has 2 fully saturated rings. The highest BCUT2D eigenvalue weighted by atomic mass is 35.5. The molecule has 0 aromatic heterocycles. The van der Waals surface area contributed by atoms with E-state index >= 15 is 0 Å². The van der Waals surface area contributed by atoms with Gasteiger partial charge >= 0.3 is 0 Å². The summed E-state index contributed by atoms with van der Waals surface area (Å²) in [5.41, 5.74) is 3.32. The number of amides is 1. The van der Waals surface area contributed by atoms with E-state index in [1.54, 1.807) is 0 Å². The third-order valence-corrected chi connectivity index (χ3v) is 9.74. The maximum Gasteiger partial charge on any atom is 0.227 e. The van der Waals surface area contributed by atoms with Gasteiger partial charge in [-0.1, -0.05) is 49.2 Å². The first kappa shape index (κ1) is 30.3. The molecular weight excluding hydrogens is 551 g/mol. The normalized spacial score (nSPS) is 21.8. The highest BCUT2D eigenvalue weighted by Gasteiger charge is 2.37. The van der Waals surface area contributed by atoms with Gasteiger partial charge in [-0.15, -0.1) is 0 Å². The molecule has 2 N–H and O–H groups in total. The minimum Gasteiger partial charge on any atom is -0.368 e. The zero-order chi connectivity index (χ0) is 28.3. The molecular formula is C30H42Cl2N4O2S. The van der Waals surface area contributed by atoms with Gasteiger partial charge in [0.1, 0.15) is 0 Å². The fourth-order valence-corrected chi connectivity index (χ4v) is 6.65. The second kappa shape index (κ2) is 12.9. The lowest BCUT2D eigenvalue weighted by Gasteiger charge is -2.39. The summed E-state index contributed by atoms with van der Waals surface area (Å²) in [6, 6.07) is 13.8. The number of anilines is 1. The molecule has 0 aliphatic carbocycles. The van der Waals surface area contributed by atoms with Crippen molar-refractivity contribution >= 4 is 45.8 Å². The molecule has 39 heavy (non-hydrogen) atoms. The summed E-state index contributed by atoms with van der Waals surface area (Å²) in [5.74, 6) is 0.711. The van der Waals surface area contributed by atoms with E-state index in [-0.39, 0.29) is 28.5 Å². The number of carbonyl (C=O) groups excluding carboxylic acids is 1. The number of halogens is 2. The molecule has 6 nitrogen and oxygen atoms in total. The molecule has 2 saturated heterocycles. The lowest BCUT2D eigenvalue weighted by Crippen LogP contribution is -2.51. The molecule has 0 bridgehead atoms. The summed E-state index contributed by atoms with van der Waals surface area (Å²) >= 11 is 12.6. The van der Waals surface area contributed by atoms with Gasteiger partial charge in [-0.2, -0.15) is 0 Å². The summed E-state index contributed by atoms with van der Waals surface area (Å²) in [4.78, 5) is 18.0. The van der Waals surface area contributed by atoms with Crippen LogP contribution in [0.4, 0.5) is 5.69 Å². The Balaban J connectivity index is 1.48. The Bertz CT molecular complexity index is 1160. The number of benzene rings is 2. The molecule has 2 aromatic carbocycles. The standard InChI is InChI=1S/C30H42Cl2N4O2S/c1-20(2)16-27(34-39(38)30(3,4)5)24-17-23(32)10-11-28(24)35-12-14-36(15-13-35)29(37)26-19-33-18-25(26)21-6-8-22(31)9-7-21/h6-11,17,20,25-27,33-34H,12-16,18-19H2,1-5H3/t25?,26?,27-,39?/m0/s1. The molecule has 3 unspecified atom stereocenters. The van der Waals surface area contributed by atoms with Gasteiger partial charge in [0, 0.05) is 67.0 Å². The van der Waals surface area contributed by atoms with E-state index in [4.69, 9.17) is 23.2 Å². The van der Waals surface area contributed by atoms with Crippen molar-refractivity contribution in [3.05, 3.63) is 63.6 Å². The highest BCUT2D eigenvalue weighted by molar-refractivity contribution is 7.84. The molecule has 2 aliphatic heterocycles. The van der Waals surface area contributed by atoms with Gasteiger partial charge in [-0.25, -0.2) is 8.93 Å². The number of hydrogen-bond acceptors (Lipinski definition) is 4. The van der Waals surface area contributed by atoms with E-state index in [9.17, 15) is 9.00 Å². The summed E-state index contributed by atoms with van der Waals surface area (Å²) in [5, 5.41) is 4.80. The third-order valence-electron chi connectivity index (χ3n) is 7.64. The van der Waals surface area contributed by atoms with E-state index in [2.05, 4.69) is 34.9 Å². The predicted octanol–water partition coefficient (Wildman–Crippen LogP) is 5.78. The summed E-state index contributed by atoms with van der Waals surface area (Å²) in [6.07, 6.45) is 0.842. The summed E-state index contributed by atoms with van der Waals surface area (Å²) in [6.45, 7) is 14.6. The number of nitrogens with zero attached hydrogens (tertiary/aromatic N) is 2. The number of nitrogens with one attached hydrogen (secondary N) is 2. The monoisotopic (exact) mass is 592 g/mol. The first-order chi connectivity index (χ1) is 18.4. The van der Waals surface area contributed by atoms with Crippen molar-refractivity contribution in [2.45, 2.75) is 57.7 Å². The molecule has 0 saturated carbocycles. The molecule has 0 spiro atoms. The minimum absolute atomic E-state index is 0.0733.